The number of rotatable bonds is 8. The smallest absolute Gasteiger partial charge is 0.119 e. The number of aliphatic hydroxyl groups excluding tert-OH is 2. The molecule has 107 heavy (non-hydrogen) atoms. The second-order valence-corrected chi connectivity index (χ2v) is 30.4. The molecular formula is C95H152IN5O6. The van der Waals surface area contributed by atoms with Gasteiger partial charge in [-0.05, 0) is 279 Å². The molecule has 15 heterocycles. The number of fused-ring (bicyclic) bond motifs is 15. The molecule has 12 heteroatoms. The molecule has 10 bridgehead atoms. The minimum atomic E-state index is -0.00694. The summed E-state index contributed by atoms with van der Waals surface area (Å²) in [6, 6.07) is 63.6. The van der Waals surface area contributed by atoms with Crippen LogP contribution in [0.1, 0.15) is 188 Å². The summed E-state index contributed by atoms with van der Waals surface area (Å²) < 4.78 is 19.9. The molecule has 0 unspecified atom stereocenters. The van der Waals surface area contributed by atoms with Gasteiger partial charge in [0.2, 0.25) is 0 Å². The van der Waals surface area contributed by atoms with Crippen LogP contribution in [0.25, 0.3) is 22.3 Å². The zero-order valence-corrected chi connectivity index (χ0v) is 64.3. The topological polar surface area (TPSA) is 105 Å². The van der Waals surface area contributed by atoms with Gasteiger partial charge in [-0.2, -0.15) is 0 Å². The Bertz CT molecular complexity index is 3030. The fraction of sp³-hybridized carbons (Fsp3) is 0.558. The second-order valence-electron chi connectivity index (χ2n) is 29.1. The van der Waals surface area contributed by atoms with Gasteiger partial charge in [0.05, 0.1) is 12.2 Å². The van der Waals surface area contributed by atoms with Gasteiger partial charge in [0.25, 0.3) is 0 Å². The summed E-state index contributed by atoms with van der Waals surface area (Å²) in [6.07, 6.45) is 17.6. The largest absolute Gasteiger partial charge is 0.508 e. The third-order valence-corrected chi connectivity index (χ3v) is 21.3. The van der Waals surface area contributed by atoms with Crippen LogP contribution in [0.2, 0.25) is 0 Å². The van der Waals surface area contributed by atoms with Crippen LogP contribution in [0.4, 0.5) is 0 Å². The van der Waals surface area contributed by atoms with E-state index in [-0.39, 0.29) is 64.2 Å². The number of halogens is 1. The number of aryl methyl sites for hydroxylation is 2. The van der Waals surface area contributed by atoms with Gasteiger partial charge >= 0.3 is 0 Å². The zero-order valence-electron chi connectivity index (χ0n) is 62.2. The summed E-state index contributed by atoms with van der Waals surface area (Å²) in [7, 11) is 0. The van der Waals surface area contributed by atoms with Gasteiger partial charge < -0.3 is 39.3 Å². The molecule has 22 rings (SSSR count). The van der Waals surface area contributed by atoms with Gasteiger partial charge in [-0.3, -0.25) is 14.7 Å². The normalized spacial score (nSPS) is 25.8. The predicted octanol–water partition coefficient (Wildman–Crippen LogP) is 23.0. The van der Waals surface area contributed by atoms with E-state index in [9.17, 15) is 10.2 Å². The van der Waals surface area contributed by atoms with Crippen molar-refractivity contribution in [3.63, 3.8) is 0 Å². The SMILES string of the molecule is C.C.C.C.C.C.C.CCC.CCC.CCC.Cc1ccc(-c2ccc(O[C@H]3CN4CCC3CC4)cc2)cc1.Cc1ccc(-c2ccc(O[C@H]3CN4CCC3CC4)cc2)cc1.Ic1ccccc1.O[C@@H]1CN2CCC1CC2.O[C@H]1CN2CCC1CC2.Oc1ccccc1.c1ccc(O[C@H]2CN3CCC2CC3)cc1. The first-order valence-electron chi connectivity index (χ1n) is 38.5. The highest BCUT2D eigenvalue weighted by atomic mass is 127. The maximum absolute atomic E-state index is 9.36. The standard InChI is InChI=1S/2C20H23NO.C13H17NO.2C7H13NO.C6H5I.C6H6O.3C3H8.7CH4/c2*1-15-2-4-16(5-3-15)17-6-8-19(9-7-17)22-20-14-21-12-10-18(20)11-13-21;1-2-4-12(5-3-1)15-13-10-14-8-6-11(13)7-9-14;2*9-7-5-8-3-1-6(7)2-4-8;2*7-6-4-2-1-3-5-6;3*1-3-2;;;;;;;/h2*2-9,18,20H,10-14H2,1H3;1-5,11,13H,6-10H2;2*6-7,9H,1-5H2;1-5H;1-5,7H;3*3H2,1-2H3;7*1H4/t2*20-;13-;2*7-;;;;;;;;;;;;/m00010............/s1. The van der Waals surface area contributed by atoms with Crippen molar-refractivity contribution in [2.24, 2.45) is 29.6 Å². The number of aliphatic hydroxyl groups is 2. The van der Waals surface area contributed by atoms with Crippen molar-refractivity contribution in [3.8, 4) is 45.3 Å². The van der Waals surface area contributed by atoms with E-state index >= 15 is 0 Å². The Hall–Kier alpha value is -5.81. The molecule has 0 saturated carbocycles. The van der Waals surface area contributed by atoms with Crippen LogP contribution in [0.3, 0.4) is 0 Å². The summed E-state index contributed by atoms with van der Waals surface area (Å²) in [5, 5.41) is 27.3. The van der Waals surface area contributed by atoms with E-state index in [0.29, 0.717) is 35.9 Å². The first-order valence-corrected chi connectivity index (χ1v) is 39.6. The zero-order chi connectivity index (χ0) is 70.9. The number of hydrogen-bond donors (Lipinski definition) is 3. The minimum absolute atomic E-state index is 0. The molecule has 0 aromatic heterocycles. The maximum atomic E-state index is 9.36. The summed E-state index contributed by atoms with van der Waals surface area (Å²) in [5.41, 5.74) is 7.62. The molecule has 0 radical (unpaired) electrons. The van der Waals surface area contributed by atoms with Crippen LogP contribution in [0, 0.1) is 47.0 Å². The molecule has 0 spiro atoms. The highest BCUT2D eigenvalue weighted by Gasteiger charge is 2.38. The lowest BCUT2D eigenvalue weighted by Gasteiger charge is -2.44. The summed E-state index contributed by atoms with van der Waals surface area (Å²) in [4.78, 5) is 12.3. The van der Waals surface area contributed by atoms with E-state index in [1.54, 1.807) is 24.3 Å². The van der Waals surface area contributed by atoms with Crippen LogP contribution in [0.15, 0.2) is 188 Å². The molecule has 15 fully saturated rings. The van der Waals surface area contributed by atoms with Crippen LogP contribution in [-0.2, 0) is 0 Å². The number of aromatic hydroxyl groups is 1. The van der Waals surface area contributed by atoms with E-state index in [0.717, 1.165) is 67.7 Å². The maximum Gasteiger partial charge on any atom is 0.119 e. The molecule has 5 atom stereocenters. The van der Waals surface area contributed by atoms with E-state index in [1.165, 1.54) is 186 Å². The third-order valence-electron chi connectivity index (χ3n) is 20.6. The Morgan fingerprint density at radius 2 is 0.514 bits per heavy atom. The molecule has 15 aliphatic heterocycles. The average Bonchev–Trinajstić information content (AvgIpc) is 0.755. The number of nitrogens with zero attached hydrogens (tertiary/aromatic N) is 5. The van der Waals surface area contributed by atoms with Crippen LogP contribution in [-0.4, -0.2) is 169 Å². The molecule has 3 N–H and O–H groups in total. The van der Waals surface area contributed by atoms with Crippen molar-refractivity contribution in [2.45, 2.75) is 221 Å². The first-order chi connectivity index (χ1) is 48.7. The van der Waals surface area contributed by atoms with Gasteiger partial charge in [0.15, 0.2) is 0 Å². The summed E-state index contributed by atoms with van der Waals surface area (Å²) >= 11 is 2.28. The quantitative estimate of drug-likeness (QED) is 0.127. The molecule has 15 aliphatic rings. The van der Waals surface area contributed by atoms with E-state index in [4.69, 9.17) is 19.3 Å². The Kier molecular flexibility index (Phi) is 50.8. The van der Waals surface area contributed by atoms with Gasteiger partial charge in [-0.25, -0.2) is 0 Å². The number of piperidine rings is 15. The number of phenols is 1. The van der Waals surface area contributed by atoms with Crippen molar-refractivity contribution in [3.05, 3.63) is 203 Å². The number of hydrogen-bond acceptors (Lipinski definition) is 11. The molecule has 11 nitrogen and oxygen atoms in total. The molecule has 7 aromatic carbocycles. The molecule has 600 valence electrons. The van der Waals surface area contributed by atoms with Gasteiger partial charge in [0, 0.05) is 36.3 Å². The van der Waals surface area contributed by atoms with Crippen molar-refractivity contribution in [2.75, 3.05) is 98.2 Å². The average molecular weight is 1590 g/mol. The van der Waals surface area contributed by atoms with Crippen LogP contribution in [0.5, 0.6) is 23.0 Å². The fourth-order valence-electron chi connectivity index (χ4n) is 14.8. The Labute approximate surface area is 669 Å². The van der Waals surface area contributed by atoms with E-state index in [1.807, 2.05) is 42.5 Å². The number of para-hydroxylation sites is 2. The molecular weight excluding hydrogens is 1430 g/mol. The molecule has 0 amide bonds. The number of phenolic OH excluding ortho intramolecular Hbond substituents is 1. The van der Waals surface area contributed by atoms with Crippen molar-refractivity contribution in [1.29, 1.82) is 0 Å². The Balaban J connectivity index is 0.000000629. The van der Waals surface area contributed by atoms with Gasteiger partial charge in [-0.1, -0.05) is 251 Å². The minimum Gasteiger partial charge on any atom is -0.508 e. The fourth-order valence-corrected chi connectivity index (χ4v) is 15.2. The molecule has 0 aliphatic carbocycles. The summed E-state index contributed by atoms with van der Waals surface area (Å²) in [6.45, 7) is 34.7. The Morgan fingerprint density at radius 1 is 0.299 bits per heavy atom. The number of ether oxygens (including phenoxy) is 3. The predicted molar refractivity (Wildman–Crippen MR) is 473 cm³/mol. The highest BCUT2D eigenvalue weighted by Crippen LogP contribution is 2.35. The summed E-state index contributed by atoms with van der Waals surface area (Å²) in [5.74, 6) is 6.92. The lowest BCUT2D eigenvalue weighted by atomic mass is 9.86. The monoisotopic (exact) mass is 1590 g/mol. The first kappa shape index (κ1) is 99.2. The van der Waals surface area contributed by atoms with Crippen molar-refractivity contribution < 1.29 is 29.5 Å². The van der Waals surface area contributed by atoms with Crippen LogP contribution < -0.4 is 14.2 Å². The highest BCUT2D eigenvalue weighted by molar-refractivity contribution is 14.1. The van der Waals surface area contributed by atoms with Gasteiger partial charge in [0.1, 0.15) is 41.3 Å². The van der Waals surface area contributed by atoms with Crippen molar-refractivity contribution >= 4 is 22.6 Å². The lowest BCUT2D eigenvalue weighted by Crippen LogP contribution is -2.52. The van der Waals surface area contributed by atoms with Crippen LogP contribution >= 0.6 is 22.6 Å². The van der Waals surface area contributed by atoms with E-state index in [2.05, 4.69) is 224 Å². The molecule has 7 aromatic rings. The Morgan fingerprint density at radius 3 is 0.692 bits per heavy atom. The van der Waals surface area contributed by atoms with Gasteiger partial charge in [-0.15, -0.1) is 0 Å². The number of benzene rings is 7. The van der Waals surface area contributed by atoms with E-state index < -0.39 is 0 Å². The third kappa shape index (κ3) is 34.1. The second kappa shape index (κ2) is 54.7. The lowest BCUT2D eigenvalue weighted by molar-refractivity contribution is -0.0228. The molecule has 15 saturated heterocycles. The van der Waals surface area contributed by atoms with Crippen molar-refractivity contribution in [1.82, 2.24) is 24.5 Å².